The fraction of sp³-hybridized carbons (Fsp3) is 0.391. The average Bonchev–Trinajstić information content (AvgIpc) is 3.34. The van der Waals surface area contributed by atoms with Crippen LogP contribution in [0.5, 0.6) is 5.75 Å². The highest BCUT2D eigenvalue weighted by molar-refractivity contribution is 6.31. The number of halogens is 1. The second-order valence-electron chi connectivity index (χ2n) is 8.33. The smallest absolute Gasteiger partial charge is 0.261 e. The fourth-order valence-electron chi connectivity index (χ4n) is 4.73. The number of hydrogen-bond donors (Lipinski definition) is 2. The van der Waals surface area contributed by atoms with Gasteiger partial charge in [0.25, 0.3) is 5.91 Å². The van der Waals surface area contributed by atoms with Crippen molar-refractivity contribution in [3.63, 3.8) is 0 Å². The van der Waals surface area contributed by atoms with Gasteiger partial charge in [0.15, 0.2) is 6.10 Å². The number of H-pyrrole nitrogens is 1. The van der Waals surface area contributed by atoms with E-state index in [0.717, 1.165) is 46.3 Å². The maximum absolute atomic E-state index is 12.9. The summed E-state index contributed by atoms with van der Waals surface area (Å²) in [4.78, 5) is 20.4. The lowest BCUT2D eigenvalue weighted by molar-refractivity contribution is -0.128. The van der Waals surface area contributed by atoms with Gasteiger partial charge in [-0.05, 0) is 48.6 Å². The Morgan fingerprint density at radius 1 is 1.28 bits per heavy atom. The van der Waals surface area contributed by atoms with Crippen LogP contribution in [0.25, 0.3) is 22.2 Å². The zero-order valence-corrected chi connectivity index (χ0v) is 17.1. The number of rotatable bonds is 3. The van der Waals surface area contributed by atoms with Crippen LogP contribution in [0.15, 0.2) is 36.7 Å². The van der Waals surface area contributed by atoms with Crippen LogP contribution in [-0.2, 0) is 11.2 Å². The maximum atomic E-state index is 12.9. The van der Waals surface area contributed by atoms with E-state index in [1.165, 1.54) is 12.8 Å². The van der Waals surface area contributed by atoms with Crippen molar-refractivity contribution in [1.82, 2.24) is 15.3 Å². The Morgan fingerprint density at radius 3 is 3.03 bits per heavy atom. The molecular formula is C23H24ClN3O2. The van der Waals surface area contributed by atoms with Gasteiger partial charge < -0.3 is 15.0 Å². The first-order valence-corrected chi connectivity index (χ1v) is 10.7. The lowest BCUT2D eigenvalue weighted by atomic mass is 9.87. The zero-order valence-electron chi connectivity index (χ0n) is 16.4. The Balaban J connectivity index is 1.43. The fourth-order valence-corrected chi connectivity index (χ4v) is 4.97. The first-order valence-electron chi connectivity index (χ1n) is 10.3. The van der Waals surface area contributed by atoms with E-state index in [-0.39, 0.29) is 11.9 Å². The molecular weight excluding hydrogens is 386 g/mol. The van der Waals surface area contributed by atoms with Crippen LogP contribution >= 0.6 is 11.6 Å². The summed E-state index contributed by atoms with van der Waals surface area (Å²) in [5, 5.41) is 4.86. The maximum Gasteiger partial charge on any atom is 0.261 e. The number of hydrogen-bond acceptors (Lipinski definition) is 3. The molecule has 2 aromatic heterocycles. The Hall–Kier alpha value is -2.53. The highest BCUT2D eigenvalue weighted by Gasteiger charge is 2.33. The number of pyridine rings is 1. The molecule has 1 amide bonds. The van der Waals surface area contributed by atoms with Crippen molar-refractivity contribution in [2.75, 3.05) is 0 Å². The summed E-state index contributed by atoms with van der Waals surface area (Å²) in [6.07, 6.45) is 8.19. The molecule has 0 saturated heterocycles. The minimum absolute atomic E-state index is 0.0242. The van der Waals surface area contributed by atoms with E-state index >= 15 is 0 Å². The van der Waals surface area contributed by atoms with E-state index in [0.29, 0.717) is 17.4 Å². The Kier molecular flexibility index (Phi) is 4.70. The highest BCUT2D eigenvalue weighted by atomic mass is 35.5. The molecule has 150 valence electrons. The number of carbonyl (C=O) groups is 1. The topological polar surface area (TPSA) is 67.0 Å². The van der Waals surface area contributed by atoms with Crippen molar-refractivity contribution in [3.8, 4) is 16.9 Å². The molecule has 3 heterocycles. The van der Waals surface area contributed by atoms with Crippen LogP contribution in [0.1, 0.15) is 38.2 Å². The molecule has 2 unspecified atom stereocenters. The number of amides is 1. The molecule has 3 aromatic rings. The SMILES string of the molecule is CC1CCC[C@@H](NC(=O)C2Cc3cc(Cl)cc(-c4ccnc5[nH]ccc45)c3O2)C1. The second-order valence-corrected chi connectivity index (χ2v) is 8.76. The van der Waals surface area contributed by atoms with Crippen LogP contribution in [-0.4, -0.2) is 28.0 Å². The van der Waals surface area contributed by atoms with Gasteiger partial charge in [-0.15, -0.1) is 0 Å². The molecule has 0 radical (unpaired) electrons. The van der Waals surface area contributed by atoms with E-state index in [1.807, 2.05) is 30.5 Å². The van der Waals surface area contributed by atoms with Crippen molar-refractivity contribution in [3.05, 3.63) is 47.2 Å². The lowest BCUT2D eigenvalue weighted by Gasteiger charge is -2.28. The number of fused-ring (bicyclic) bond motifs is 2. The third-order valence-corrected chi connectivity index (χ3v) is 6.34. The normalized spacial score (nSPS) is 23.6. The lowest BCUT2D eigenvalue weighted by Crippen LogP contribution is -2.44. The number of nitrogens with one attached hydrogen (secondary N) is 2. The molecule has 5 rings (SSSR count). The molecule has 1 aliphatic carbocycles. The van der Waals surface area contributed by atoms with Crippen molar-refractivity contribution in [2.45, 2.75) is 51.2 Å². The predicted octanol–water partition coefficient (Wildman–Crippen LogP) is 4.88. The minimum Gasteiger partial charge on any atom is -0.479 e. The summed E-state index contributed by atoms with van der Waals surface area (Å²) in [6, 6.07) is 8.02. The molecule has 0 bridgehead atoms. The van der Waals surface area contributed by atoms with Gasteiger partial charge in [-0.3, -0.25) is 4.79 Å². The predicted molar refractivity (Wildman–Crippen MR) is 114 cm³/mol. The number of carbonyl (C=O) groups excluding carboxylic acids is 1. The Labute approximate surface area is 174 Å². The van der Waals surface area contributed by atoms with E-state index in [9.17, 15) is 4.79 Å². The van der Waals surface area contributed by atoms with Gasteiger partial charge in [-0.2, -0.15) is 0 Å². The number of benzene rings is 1. The number of aromatic amines is 1. The Morgan fingerprint density at radius 2 is 2.17 bits per heavy atom. The van der Waals surface area contributed by atoms with Crippen molar-refractivity contribution >= 4 is 28.5 Å². The van der Waals surface area contributed by atoms with Gasteiger partial charge in [0.2, 0.25) is 0 Å². The number of nitrogens with zero attached hydrogens (tertiary/aromatic N) is 1. The first kappa shape index (κ1) is 18.5. The van der Waals surface area contributed by atoms with Gasteiger partial charge in [0.1, 0.15) is 11.4 Å². The van der Waals surface area contributed by atoms with Gasteiger partial charge in [0.05, 0.1) is 0 Å². The standard InChI is InChI=1S/C23H24ClN3O2/c1-13-3-2-4-16(9-13)27-23(28)20-11-14-10-15(24)12-19(21(14)29-20)17-5-7-25-22-18(17)6-8-26-22/h5-8,10,12-13,16,20H,2-4,9,11H2,1H3,(H,25,26)(H,27,28)/t13?,16-,20?/m1/s1. The highest BCUT2D eigenvalue weighted by Crippen LogP contribution is 2.43. The first-order chi connectivity index (χ1) is 14.1. The van der Waals surface area contributed by atoms with E-state index < -0.39 is 6.10 Å². The van der Waals surface area contributed by atoms with Crippen molar-refractivity contribution in [1.29, 1.82) is 0 Å². The summed E-state index contributed by atoms with van der Waals surface area (Å²) in [5.41, 5.74) is 3.69. The molecule has 5 nitrogen and oxygen atoms in total. The number of ether oxygens (including phenoxy) is 1. The van der Waals surface area contributed by atoms with E-state index in [4.69, 9.17) is 16.3 Å². The zero-order chi connectivity index (χ0) is 20.0. The van der Waals surface area contributed by atoms with Crippen LogP contribution < -0.4 is 10.1 Å². The summed E-state index contributed by atoms with van der Waals surface area (Å²) >= 11 is 6.42. The third kappa shape index (κ3) is 3.48. The average molecular weight is 410 g/mol. The molecule has 29 heavy (non-hydrogen) atoms. The molecule has 1 aromatic carbocycles. The van der Waals surface area contributed by atoms with Crippen LogP contribution in [0.2, 0.25) is 5.02 Å². The summed E-state index contributed by atoms with van der Waals surface area (Å²) in [6.45, 7) is 2.25. The van der Waals surface area contributed by atoms with Crippen molar-refractivity contribution in [2.24, 2.45) is 5.92 Å². The van der Waals surface area contributed by atoms with E-state index in [1.54, 1.807) is 6.20 Å². The number of aromatic nitrogens is 2. The van der Waals surface area contributed by atoms with Gasteiger partial charge in [0, 0.05) is 46.4 Å². The largest absolute Gasteiger partial charge is 0.479 e. The van der Waals surface area contributed by atoms with Crippen LogP contribution in [0, 0.1) is 5.92 Å². The summed E-state index contributed by atoms with van der Waals surface area (Å²) in [5.74, 6) is 1.39. The van der Waals surface area contributed by atoms with Gasteiger partial charge >= 0.3 is 0 Å². The molecule has 2 N–H and O–H groups in total. The van der Waals surface area contributed by atoms with Crippen LogP contribution in [0.4, 0.5) is 0 Å². The molecule has 1 aliphatic heterocycles. The van der Waals surface area contributed by atoms with Gasteiger partial charge in [-0.25, -0.2) is 4.98 Å². The molecule has 2 aliphatic rings. The van der Waals surface area contributed by atoms with Crippen LogP contribution in [0.3, 0.4) is 0 Å². The molecule has 6 heteroatoms. The third-order valence-electron chi connectivity index (χ3n) is 6.12. The molecule has 1 saturated carbocycles. The summed E-state index contributed by atoms with van der Waals surface area (Å²) < 4.78 is 6.20. The summed E-state index contributed by atoms with van der Waals surface area (Å²) in [7, 11) is 0. The van der Waals surface area contributed by atoms with E-state index in [2.05, 4.69) is 22.2 Å². The second kappa shape index (κ2) is 7.38. The monoisotopic (exact) mass is 409 g/mol. The molecule has 3 atom stereocenters. The molecule has 1 fully saturated rings. The van der Waals surface area contributed by atoms with Crippen molar-refractivity contribution < 1.29 is 9.53 Å². The quantitative estimate of drug-likeness (QED) is 0.647. The minimum atomic E-state index is -0.511. The molecule has 0 spiro atoms. The van der Waals surface area contributed by atoms with Gasteiger partial charge in [-0.1, -0.05) is 31.4 Å². The Bertz CT molecular complexity index is 1080.